The molecular formula is C26H24BrNO5. The minimum absolute atomic E-state index is 0.0494. The van der Waals surface area contributed by atoms with Gasteiger partial charge in [0.2, 0.25) is 5.91 Å². The molecule has 33 heavy (non-hydrogen) atoms. The third kappa shape index (κ3) is 7.57. The van der Waals surface area contributed by atoms with Crippen molar-refractivity contribution >= 4 is 39.3 Å². The average molecular weight is 510 g/mol. The molecule has 0 fully saturated rings. The van der Waals surface area contributed by atoms with Crippen LogP contribution in [0, 0.1) is 13.8 Å². The Kier molecular flexibility index (Phi) is 8.38. The predicted octanol–water partition coefficient (Wildman–Crippen LogP) is 6.00. The summed E-state index contributed by atoms with van der Waals surface area (Å²) in [5, 5.41) is 2.73. The molecule has 0 saturated heterocycles. The predicted molar refractivity (Wildman–Crippen MR) is 130 cm³/mol. The van der Waals surface area contributed by atoms with Crippen LogP contribution >= 0.6 is 15.9 Å². The van der Waals surface area contributed by atoms with Gasteiger partial charge in [-0.1, -0.05) is 34.1 Å². The van der Waals surface area contributed by atoms with E-state index in [2.05, 4.69) is 21.2 Å². The van der Waals surface area contributed by atoms with Crippen molar-refractivity contribution in [2.45, 2.75) is 26.7 Å². The van der Waals surface area contributed by atoms with E-state index in [9.17, 15) is 14.4 Å². The van der Waals surface area contributed by atoms with Gasteiger partial charge < -0.3 is 14.8 Å². The molecule has 6 nitrogen and oxygen atoms in total. The summed E-state index contributed by atoms with van der Waals surface area (Å²) in [5.74, 6) is 0.160. The number of ketones is 1. The number of hydrogen-bond acceptors (Lipinski definition) is 5. The first kappa shape index (κ1) is 24.2. The fourth-order valence-corrected chi connectivity index (χ4v) is 3.16. The number of aryl methyl sites for hydroxylation is 2. The van der Waals surface area contributed by atoms with Crippen molar-refractivity contribution < 1.29 is 23.9 Å². The highest BCUT2D eigenvalue weighted by Gasteiger charge is 2.12. The molecule has 0 aliphatic carbocycles. The highest BCUT2D eigenvalue weighted by Crippen LogP contribution is 2.25. The van der Waals surface area contributed by atoms with Gasteiger partial charge >= 0.3 is 5.97 Å². The van der Waals surface area contributed by atoms with Gasteiger partial charge in [0.15, 0.2) is 12.4 Å². The van der Waals surface area contributed by atoms with Gasteiger partial charge in [0, 0.05) is 22.1 Å². The molecule has 0 aliphatic rings. The van der Waals surface area contributed by atoms with E-state index < -0.39 is 5.97 Å². The lowest BCUT2D eigenvalue weighted by molar-refractivity contribution is -0.143. The number of ether oxygens (including phenoxy) is 2. The lowest BCUT2D eigenvalue weighted by Gasteiger charge is -2.09. The van der Waals surface area contributed by atoms with Gasteiger partial charge in [-0.05, 0) is 73.5 Å². The molecule has 3 rings (SSSR count). The minimum Gasteiger partial charge on any atom is -0.457 e. The van der Waals surface area contributed by atoms with E-state index in [4.69, 9.17) is 9.47 Å². The number of rotatable bonds is 9. The smallest absolute Gasteiger partial charge is 0.306 e. The number of carbonyl (C=O) groups excluding carboxylic acids is 3. The molecule has 7 heteroatoms. The summed E-state index contributed by atoms with van der Waals surface area (Å²) in [7, 11) is 0. The van der Waals surface area contributed by atoms with Gasteiger partial charge in [-0.2, -0.15) is 0 Å². The van der Waals surface area contributed by atoms with Crippen LogP contribution in [0.4, 0.5) is 5.69 Å². The maximum atomic E-state index is 12.1. The van der Waals surface area contributed by atoms with Gasteiger partial charge in [0.25, 0.3) is 0 Å². The Morgan fingerprint density at radius 3 is 2.15 bits per heavy atom. The first-order valence-corrected chi connectivity index (χ1v) is 11.2. The number of nitrogens with one attached hydrogen (secondary N) is 1. The van der Waals surface area contributed by atoms with Gasteiger partial charge in [-0.15, -0.1) is 0 Å². The molecular weight excluding hydrogens is 486 g/mol. The summed E-state index contributed by atoms with van der Waals surface area (Å²) in [6.07, 6.45) is -0.167. The molecule has 170 valence electrons. The van der Waals surface area contributed by atoms with Crippen molar-refractivity contribution in [3.05, 3.63) is 87.9 Å². The zero-order chi connectivity index (χ0) is 23.8. The normalized spacial score (nSPS) is 10.4. The number of carbonyl (C=O) groups is 3. The molecule has 0 unspecified atom stereocenters. The molecule has 0 heterocycles. The van der Waals surface area contributed by atoms with Crippen LogP contribution in [0.3, 0.4) is 0 Å². The van der Waals surface area contributed by atoms with Crippen LogP contribution in [0.5, 0.6) is 11.5 Å². The van der Waals surface area contributed by atoms with Crippen LogP contribution < -0.4 is 10.1 Å². The molecule has 0 aliphatic heterocycles. The Morgan fingerprint density at radius 1 is 0.818 bits per heavy atom. The summed E-state index contributed by atoms with van der Waals surface area (Å²) in [6.45, 7) is 3.71. The average Bonchev–Trinajstić information content (AvgIpc) is 2.80. The quantitative estimate of drug-likeness (QED) is 0.282. The van der Waals surface area contributed by atoms with Crippen LogP contribution in [-0.4, -0.2) is 24.3 Å². The maximum absolute atomic E-state index is 12.1. The van der Waals surface area contributed by atoms with Crippen molar-refractivity contribution in [1.82, 2.24) is 0 Å². The third-order valence-electron chi connectivity index (χ3n) is 4.94. The van der Waals surface area contributed by atoms with Crippen LogP contribution in [0.1, 0.15) is 34.3 Å². The zero-order valence-electron chi connectivity index (χ0n) is 18.4. The molecule has 0 saturated carbocycles. The van der Waals surface area contributed by atoms with Crippen molar-refractivity contribution in [3.63, 3.8) is 0 Å². The van der Waals surface area contributed by atoms with Crippen molar-refractivity contribution in [3.8, 4) is 11.5 Å². The standard InChI is InChI=1S/C26H24BrNO5/c1-17-3-10-23(15-18(17)2)33-22-11-8-21(9-12-22)28-25(30)13-14-26(31)32-16-24(29)19-4-6-20(27)7-5-19/h3-12,15H,13-14,16H2,1-2H3,(H,28,30). The lowest BCUT2D eigenvalue weighted by atomic mass is 10.1. The van der Waals surface area contributed by atoms with Crippen LogP contribution in [0.15, 0.2) is 71.2 Å². The monoisotopic (exact) mass is 509 g/mol. The van der Waals surface area contributed by atoms with Gasteiger partial charge in [0.05, 0.1) is 6.42 Å². The van der Waals surface area contributed by atoms with E-state index in [0.717, 1.165) is 15.8 Å². The number of hydrogen-bond donors (Lipinski definition) is 1. The van der Waals surface area contributed by atoms with E-state index in [0.29, 0.717) is 17.0 Å². The lowest BCUT2D eigenvalue weighted by Crippen LogP contribution is -2.17. The molecule has 0 radical (unpaired) electrons. The van der Waals surface area contributed by atoms with E-state index in [-0.39, 0.29) is 31.1 Å². The Hall–Kier alpha value is -3.45. The number of esters is 1. The van der Waals surface area contributed by atoms with E-state index in [1.54, 1.807) is 48.5 Å². The third-order valence-corrected chi connectivity index (χ3v) is 5.47. The van der Waals surface area contributed by atoms with E-state index in [1.165, 1.54) is 5.56 Å². The highest BCUT2D eigenvalue weighted by atomic mass is 79.9. The number of benzene rings is 3. The van der Waals surface area contributed by atoms with E-state index in [1.807, 2.05) is 32.0 Å². The molecule has 0 atom stereocenters. The second kappa shape index (κ2) is 11.4. The molecule has 0 spiro atoms. The molecule has 3 aromatic carbocycles. The molecule has 0 bridgehead atoms. The van der Waals surface area contributed by atoms with Crippen LogP contribution in [-0.2, 0) is 14.3 Å². The Balaban J connectivity index is 1.40. The summed E-state index contributed by atoms with van der Waals surface area (Å²) in [5.41, 5.74) is 3.38. The Morgan fingerprint density at radius 2 is 1.48 bits per heavy atom. The van der Waals surface area contributed by atoms with Crippen molar-refractivity contribution in [2.24, 2.45) is 0 Å². The number of halogens is 1. The molecule has 1 amide bonds. The Labute approximate surface area is 201 Å². The summed E-state index contributed by atoms with van der Waals surface area (Å²) < 4.78 is 11.7. The number of Topliss-reactive ketones (excluding diaryl/α,β-unsaturated/α-hetero) is 1. The first-order chi connectivity index (χ1) is 15.8. The summed E-state index contributed by atoms with van der Waals surface area (Å²) >= 11 is 3.29. The van der Waals surface area contributed by atoms with Gasteiger partial charge in [-0.25, -0.2) is 0 Å². The first-order valence-electron chi connectivity index (χ1n) is 10.4. The van der Waals surface area contributed by atoms with Crippen LogP contribution in [0.2, 0.25) is 0 Å². The van der Waals surface area contributed by atoms with Crippen molar-refractivity contribution in [2.75, 3.05) is 11.9 Å². The summed E-state index contributed by atoms with van der Waals surface area (Å²) in [6, 6.07) is 19.6. The van der Waals surface area contributed by atoms with Crippen molar-refractivity contribution in [1.29, 1.82) is 0 Å². The largest absolute Gasteiger partial charge is 0.457 e. The number of anilines is 1. The SMILES string of the molecule is Cc1ccc(Oc2ccc(NC(=O)CCC(=O)OCC(=O)c3ccc(Br)cc3)cc2)cc1C. The summed E-state index contributed by atoms with van der Waals surface area (Å²) in [4.78, 5) is 36.0. The second-order valence-electron chi connectivity index (χ2n) is 7.51. The molecule has 3 aromatic rings. The topological polar surface area (TPSA) is 81.7 Å². The Bertz CT molecular complexity index is 1140. The fourth-order valence-electron chi connectivity index (χ4n) is 2.90. The molecule has 1 N–H and O–H groups in total. The maximum Gasteiger partial charge on any atom is 0.306 e. The zero-order valence-corrected chi connectivity index (χ0v) is 20.0. The van der Waals surface area contributed by atoms with Gasteiger partial charge in [-0.3, -0.25) is 14.4 Å². The van der Waals surface area contributed by atoms with E-state index >= 15 is 0 Å². The fraction of sp³-hybridized carbons (Fsp3) is 0.192. The minimum atomic E-state index is -0.604. The molecule has 0 aromatic heterocycles. The van der Waals surface area contributed by atoms with Gasteiger partial charge in [0.1, 0.15) is 11.5 Å². The highest BCUT2D eigenvalue weighted by molar-refractivity contribution is 9.10. The number of amides is 1. The van der Waals surface area contributed by atoms with Crippen LogP contribution in [0.25, 0.3) is 0 Å². The second-order valence-corrected chi connectivity index (χ2v) is 8.43.